The van der Waals surface area contributed by atoms with Crippen molar-refractivity contribution in [2.75, 3.05) is 0 Å². The van der Waals surface area contributed by atoms with Crippen LogP contribution in [0, 0.1) is 5.92 Å². The van der Waals surface area contributed by atoms with Gasteiger partial charge in [0.2, 0.25) is 0 Å². The number of hydrogen-bond acceptors (Lipinski definition) is 2. The van der Waals surface area contributed by atoms with Gasteiger partial charge in [-0.05, 0) is 59.3 Å². The van der Waals surface area contributed by atoms with E-state index in [2.05, 4.69) is 39.1 Å². The lowest BCUT2D eigenvalue weighted by Gasteiger charge is -2.15. The zero-order chi connectivity index (χ0) is 21.1. The Balaban J connectivity index is 1.70. The van der Waals surface area contributed by atoms with Gasteiger partial charge in [-0.1, -0.05) is 53.2 Å². The van der Waals surface area contributed by atoms with Gasteiger partial charge < -0.3 is 14.8 Å². The molecule has 0 saturated carbocycles. The number of carboxylic acids is 1. The van der Waals surface area contributed by atoms with Gasteiger partial charge in [-0.15, -0.1) is 0 Å². The topological polar surface area (TPSA) is 62.3 Å². The monoisotopic (exact) mass is 463 g/mol. The maximum Gasteiger partial charge on any atom is 0.306 e. The van der Waals surface area contributed by atoms with Gasteiger partial charge >= 0.3 is 5.97 Å². The SMILES string of the molecule is CC(Cc1ccc(OCc2ccccc2Br)c(-c2ccc3[nH]ccc3c2)c1)C(=O)O. The Morgan fingerprint density at radius 3 is 2.73 bits per heavy atom. The maximum atomic E-state index is 11.3. The predicted octanol–water partition coefficient (Wildman–Crippen LogP) is 6.44. The first-order chi connectivity index (χ1) is 14.5. The number of H-pyrrole nitrogens is 1. The van der Waals surface area contributed by atoms with Gasteiger partial charge in [0, 0.05) is 27.3 Å². The molecule has 1 atom stereocenters. The molecular weight excluding hydrogens is 442 g/mol. The maximum absolute atomic E-state index is 11.3. The molecule has 30 heavy (non-hydrogen) atoms. The quantitative estimate of drug-likeness (QED) is 0.331. The van der Waals surface area contributed by atoms with E-state index >= 15 is 0 Å². The molecule has 4 nitrogen and oxygen atoms in total. The molecule has 2 N–H and O–H groups in total. The lowest BCUT2D eigenvalue weighted by Crippen LogP contribution is -2.12. The highest BCUT2D eigenvalue weighted by Gasteiger charge is 2.15. The summed E-state index contributed by atoms with van der Waals surface area (Å²) in [7, 11) is 0. The number of carboxylic acid groups (broad SMARTS) is 1. The highest BCUT2D eigenvalue weighted by molar-refractivity contribution is 9.10. The Labute approximate surface area is 183 Å². The van der Waals surface area contributed by atoms with E-state index in [4.69, 9.17) is 4.74 Å². The second kappa shape index (κ2) is 8.76. The van der Waals surface area contributed by atoms with E-state index in [9.17, 15) is 9.90 Å². The number of rotatable bonds is 7. The van der Waals surface area contributed by atoms with E-state index in [0.717, 1.165) is 43.4 Å². The molecule has 4 aromatic rings. The molecule has 5 heteroatoms. The van der Waals surface area contributed by atoms with Crippen molar-refractivity contribution < 1.29 is 14.6 Å². The predicted molar refractivity (Wildman–Crippen MR) is 123 cm³/mol. The zero-order valence-electron chi connectivity index (χ0n) is 16.6. The molecule has 3 aromatic carbocycles. The Hall–Kier alpha value is -3.05. The van der Waals surface area contributed by atoms with Gasteiger partial charge in [0.15, 0.2) is 0 Å². The summed E-state index contributed by atoms with van der Waals surface area (Å²) in [4.78, 5) is 14.5. The summed E-state index contributed by atoms with van der Waals surface area (Å²) in [6.07, 6.45) is 2.39. The first-order valence-corrected chi connectivity index (χ1v) is 10.6. The fourth-order valence-electron chi connectivity index (χ4n) is 3.49. The molecule has 4 rings (SSSR count). The summed E-state index contributed by atoms with van der Waals surface area (Å²) < 4.78 is 7.21. The third kappa shape index (κ3) is 4.41. The molecule has 0 spiro atoms. The van der Waals surface area contributed by atoms with Crippen LogP contribution in [0.5, 0.6) is 5.75 Å². The lowest BCUT2D eigenvalue weighted by molar-refractivity contribution is -0.141. The van der Waals surface area contributed by atoms with Gasteiger partial charge in [-0.3, -0.25) is 4.79 Å². The second-order valence-corrected chi connectivity index (χ2v) is 8.29. The van der Waals surface area contributed by atoms with Crippen molar-refractivity contribution in [3.05, 3.63) is 88.5 Å². The van der Waals surface area contributed by atoms with Crippen LogP contribution in [0.15, 0.2) is 77.4 Å². The van der Waals surface area contributed by atoms with Crippen molar-refractivity contribution in [1.29, 1.82) is 0 Å². The smallest absolute Gasteiger partial charge is 0.306 e. The Morgan fingerprint density at radius 1 is 1.10 bits per heavy atom. The number of aromatic amines is 1. The summed E-state index contributed by atoms with van der Waals surface area (Å²) in [5.41, 5.74) is 5.11. The minimum absolute atomic E-state index is 0.436. The molecule has 0 saturated heterocycles. The average Bonchev–Trinajstić information content (AvgIpc) is 3.21. The van der Waals surface area contributed by atoms with Crippen molar-refractivity contribution in [3.8, 4) is 16.9 Å². The fraction of sp³-hybridized carbons (Fsp3) is 0.160. The summed E-state index contributed by atoms with van der Waals surface area (Å²) in [6, 6.07) is 22.2. The standard InChI is InChI=1S/C25H22BrNO3/c1-16(25(28)29)12-17-6-9-24(30-15-20-4-2-3-5-22(20)26)21(13-17)18-7-8-23-19(14-18)10-11-27-23/h2-11,13-14,16,27H,12,15H2,1H3,(H,28,29). The number of nitrogens with one attached hydrogen (secondary N) is 1. The zero-order valence-corrected chi connectivity index (χ0v) is 18.1. The molecule has 152 valence electrons. The molecule has 0 amide bonds. The van der Waals surface area contributed by atoms with E-state index in [-0.39, 0.29) is 0 Å². The van der Waals surface area contributed by atoms with Gasteiger partial charge in [0.05, 0.1) is 5.92 Å². The van der Waals surface area contributed by atoms with E-state index in [1.807, 2.05) is 54.7 Å². The van der Waals surface area contributed by atoms with Crippen LogP contribution in [0.4, 0.5) is 0 Å². The summed E-state index contributed by atoms with van der Waals surface area (Å²) in [5, 5.41) is 10.4. The molecular formula is C25H22BrNO3. The normalized spacial score (nSPS) is 12.1. The highest BCUT2D eigenvalue weighted by atomic mass is 79.9. The number of hydrogen-bond donors (Lipinski definition) is 2. The number of aromatic nitrogens is 1. The first-order valence-electron chi connectivity index (χ1n) is 9.80. The number of fused-ring (bicyclic) bond motifs is 1. The Bertz CT molecular complexity index is 1200. The number of ether oxygens (including phenoxy) is 1. The van der Waals surface area contributed by atoms with Crippen molar-refractivity contribution in [3.63, 3.8) is 0 Å². The third-order valence-corrected chi connectivity index (χ3v) is 5.99. The van der Waals surface area contributed by atoms with Crippen LogP contribution in [-0.4, -0.2) is 16.1 Å². The minimum Gasteiger partial charge on any atom is -0.488 e. The van der Waals surface area contributed by atoms with Crippen LogP contribution in [-0.2, 0) is 17.8 Å². The van der Waals surface area contributed by atoms with Gasteiger partial charge in [0.25, 0.3) is 0 Å². The van der Waals surface area contributed by atoms with Crippen LogP contribution in [0.2, 0.25) is 0 Å². The van der Waals surface area contributed by atoms with Gasteiger partial charge in [-0.25, -0.2) is 0 Å². The van der Waals surface area contributed by atoms with Crippen molar-refractivity contribution in [2.45, 2.75) is 20.0 Å². The minimum atomic E-state index is -0.792. The molecule has 0 radical (unpaired) electrons. The van der Waals surface area contributed by atoms with E-state index < -0.39 is 11.9 Å². The Kier molecular flexibility index (Phi) is 5.91. The average molecular weight is 464 g/mol. The number of carbonyl (C=O) groups is 1. The summed E-state index contributed by atoms with van der Waals surface area (Å²) in [5.74, 6) is -0.469. The van der Waals surface area contributed by atoms with Crippen LogP contribution in [0.25, 0.3) is 22.0 Å². The molecule has 1 unspecified atom stereocenters. The molecule has 1 aromatic heterocycles. The van der Waals surface area contributed by atoms with E-state index in [0.29, 0.717) is 13.0 Å². The van der Waals surface area contributed by atoms with Gasteiger partial charge in [0.1, 0.15) is 12.4 Å². The van der Waals surface area contributed by atoms with Crippen LogP contribution < -0.4 is 4.74 Å². The first kappa shape index (κ1) is 20.2. The van der Waals surface area contributed by atoms with E-state index in [1.165, 1.54) is 0 Å². The lowest BCUT2D eigenvalue weighted by atomic mass is 9.96. The molecule has 0 aliphatic heterocycles. The summed E-state index contributed by atoms with van der Waals surface area (Å²) in [6.45, 7) is 2.16. The number of halogens is 1. The van der Waals surface area contributed by atoms with Crippen LogP contribution in [0.1, 0.15) is 18.1 Å². The fourth-order valence-corrected chi connectivity index (χ4v) is 3.89. The Morgan fingerprint density at radius 2 is 1.93 bits per heavy atom. The number of aliphatic carboxylic acids is 1. The number of benzene rings is 3. The highest BCUT2D eigenvalue weighted by Crippen LogP contribution is 2.34. The van der Waals surface area contributed by atoms with Crippen molar-refractivity contribution in [1.82, 2.24) is 4.98 Å². The van der Waals surface area contributed by atoms with Gasteiger partial charge in [-0.2, -0.15) is 0 Å². The van der Waals surface area contributed by atoms with Crippen molar-refractivity contribution >= 4 is 32.8 Å². The largest absolute Gasteiger partial charge is 0.488 e. The molecule has 0 aliphatic rings. The van der Waals surface area contributed by atoms with E-state index in [1.54, 1.807) is 6.92 Å². The molecule has 0 aliphatic carbocycles. The molecule has 1 heterocycles. The van der Waals surface area contributed by atoms with Crippen LogP contribution >= 0.6 is 15.9 Å². The summed E-state index contributed by atoms with van der Waals surface area (Å²) >= 11 is 3.57. The third-order valence-electron chi connectivity index (χ3n) is 5.21. The molecule has 0 fully saturated rings. The molecule has 0 bridgehead atoms. The second-order valence-electron chi connectivity index (χ2n) is 7.43. The van der Waals surface area contributed by atoms with Crippen LogP contribution in [0.3, 0.4) is 0 Å². The van der Waals surface area contributed by atoms with Crippen molar-refractivity contribution in [2.24, 2.45) is 5.92 Å².